The molecule has 1 fully saturated rings. The summed E-state index contributed by atoms with van der Waals surface area (Å²) in [5.74, 6) is -0.474. The van der Waals surface area contributed by atoms with Crippen molar-refractivity contribution in [1.82, 2.24) is 0 Å². The van der Waals surface area contributed by atoms with Crippen LogP contribution in [0.1, 0.15) is 23.2 Å². The number of hydrogen-bond acceptors (Lipinski definition) is 5. The van der Waals surface area contributed by atoms with Gasteiger partial charge in [-0.2, -0.15) is 0 Å². The van der Waals surface area contributed by atoms with Gasteiger partial charge in [-0.3, -0.25) is 9.59 Å². The molecule has 1 aliphatic rings. The monoisotopic (exact) mass is 448 g/mol. The first kappa shape index (κ1) is 22.0. The highest BCUT2D eigenvalue weighted by atomic mass is 19.1. The predicted octanol–water partition coefficient (Wildman–Crippen LogP) is 4.54. The Hall–Kier alpha value is -4.20. The van der Waals surface area contributed by atoms with Crippen molar-refractivity contribution in [2.75, 3.05) is 23.4 Å². The van der Waals surface area contributed by atoms with Gasteiger partial charge in [-0.25, -0.2) is 9.18 Å². The van der Waals surface area contributed by atoms with Crippen LogP contribution in [-0.2, 0) is 14.3 Å². The lowest BCUT2D eigenvalue weighted by atomic mass is 10.2. The standard InChI is InChI=1S/C25H21FN2O5/c26-18-5-13-22(14-6-18)33-21-11-3-17(4-12-21)25(31)32-16-23(29)27-19-7-9-20(10-8-19)28-15-1-2-24(28)30/h3-14H,1-2,15-16H2,(H,27,29). The predicted molar refractivity (Wildman–Crippen MR) is 120 cm³/mol. The van der Waals surface area contributed by atoms with Crippen LogP contribution in [0.15, 0.2) is 72.8 Å². The van der Waals surface area contributed by atoms with Crippen molar-refractivity contribution in [2.24, 2.45) is 0 Å². The molecular formula is C25H21FN2O5. The number of halogens is 1. The number of carbonyl (C=O) groups excluding carboxylic acids is 3. The van der Waals surface area contributed by atoms with Gasteiger partial charge in [0.2, 0.25) is 5.91 Å². The van der Waals surface area contributed by atoms with Gasteiger partial charge in [-0.1, -0.05) is 0 Å². The van der Waals surface area contributed by atoms with E-state index in [2.05, 4.69) is 5.32 Å². The Kier molecular flexibility index (Phi) is 6.64. The van der Waals surface area contributed by atoms with Gasteiger partial charge in [0, 0.05) is 24.3 Å². The zero-order valence-electron chi connectivity index (χ0n) is 17.6. The number of ether oxygens (including phenoxy) is 2. The summed E-state index contributed by atoms with van der Waals surface area (Å²) in [6.45, 7) is 0.249. The minimum absolute atomic E-state index is 0.0914. The molecule has 7 nitrogen and oxygen atoms in total. The van der Waals surface area contributed by atoms with Gasteiger partial charge in [0.15, 0.2) is 6.61 Å². The Morgan fingerprint density at radius 1 is 0.909 bits per heavy atom. The number of benzene rings is 3. The van der Waals surface area contributed by atoms with Gasteiger partial charge in [0.05, 0.1) is 5.56 Å². The van der Waals surface area contributed by atoms with Crippen molar-refractivity contribution < 1.29 is 28.2 Å². The van der Waals surface area contributed by atoms with Crippen LogP contribution >= 0.6 is 0 Å². The summed E-state index contributed by atoms with van der Waals surface area (Å²) >= 11 is 0. The van der Waals surface area contributed by atoms with Crippen LogP contribution in [0.2, 0.25) is 0 Å². The molecule has 1 N–H and O–H groups in total. The van der Waals surface area contributed by atoms with Gasteiger partial charge in [0.25, 0.3) is 5.91 Å². The Bertz CT molecular complexity index is 1140. The molecule has 1 heterocycles. The van der Waals surface area contributed by atoms with E-state index in [0.29, 0.717) is 30.2 Å². The topological polar surface area (TPSA) is 84.9 Å². The van der Waals surface area contributed by atoms with Crippen molar-refractivity contribution in [3.8, 4) is 11.5 Å². The van der Waals surface area contributed by atoms with Crippen molar-refractivity contribution in [3.05, 3.63) is 84.2 Å². The third kappa shape index (κ3) is 5.74. The lowest BCUT2D eigenvalue weighted by Gasteiger charge is -2.16. The molecule has 1 aliphatic heterocycles. The molecule has 0 atom stereocenters. The highest BCUT2D eigenvalue weighted by Crippen LogP contribution is 2.24. The number of amides is 2. The zero-order valence-corrected chi connectivity index (χ0v) is 17.6. The number of anilines is 2. The highest BCUT2D eigenvalue weighted by molar-refractivity contribution is 5.97. The molecule has 8 heteroatoms. The van der Waals surface area contributed by atoms with Crippen molar-refractivity contribution >= 4 is 29.2 Å². The minimum atomic E-state index is -0.652. The van der Waals surface area contributed by atoms with Crippen molar-refractivity contribution in [2.45, 2.75) is 12.8 Å². The fourth-order valence-corrected chi connectivity index (χ4v) is 3.36. The number of hydrogen-bond donors (Lipinski definition) is 1. The molecule has 0 aromatic heterocycles. The Morgan fingerprint density at radius 2 is 1.55 bits per heavy atom. The van der Waals surface area contributed by atoms with Gasteiger partial charge in [0.1, 0.15) is 17.3 Å². The van der Waals surface area contributed by atoms with Gasteiger partial charge < -0.3 is 19.7 Å². The molecule has 1 saturated heterocycles. The van der Waals surface area contributed by atoms with Crippen LogP contribution in [0.3, 0.4) is 0 Å². The van der Waals surface area contributed by atoms with E-state index < -0.39 is 18.5 Å². The molecule has 168 valence electrons. The normalized spacial score (nSPS) is 13.0. The van der Waals surface area contributed by atoms with E-state index in [-0.39, 0.29) is 17.3 Å². The van der Waals surface area contributed by atoms with E-state index in [9.17, 15) is 18.8 Å². The third-order valence-corrected chi connectivity index (χ3v) is 5.01. The maximum Gasteiger partial charge on any atom is 0.338 e. The third-order valence-electron chi connectivity index (χ3n) is 5.01. The maximum atomic E-state index is 13.0. The van der Waals surface area contributed by atoms with E-state index in [1.54, 1.807) is 41.3 Å². The molecule has 0 spiro atoms. The molecule has 0 unspecified atom stereocenters. The van der Waals surface area contributed by atoms with Gasteiger partial charge >= 0.3 is 5.97 Å². The summed E-state index contributed by atoms with van der Waals surface area (Å²) in [5.41, 5.74) is 1.58. The molecule has 0 bridgehead atoms. The molecular weight excluding hydrogens is 427 g/mol. The molecule has 0 radical (unpaired) electrons. The molecule has 33 heavy (non-hydrogen) atoms. The lowest BCUT2D eigenvalue weighted by Crippen LogP contribution is -2.23. The largest absolute Gasteiger partial charge is 0.457 e. The van der Waals surface area contributed by atoms with Crippen LogP contribution < -0.4 is 15.0 Å². The minimum Gasteiger partial charge on any atom is -0.457 e. The van der Waals surface area contributed by atoms with Crippen LogP contribution in [0.4, 0.5) is 15.8 Å². The summed E-state index contributed by atoms with van der Waals surface area (Å²) in [7, 11) is 0. The fraction of sp³-hybridized carbons (Fsp3) is 0.160. The van der Waals surface area contributed by atoms with E-state index in [4.69, 9.17) is 9.47 Å². The first-order chi connectivity index (χ1) is 16.0. The maximum absolute atomic E-state index is 13.0. The average Bonchev–Trinajstić information content (AvgIpc) is 3.26. The fourth-order valence-electron chi connectivity index (χ4n) is 3.36. The first-order valence-corrected chi connectivity index (χ1v) is 10.4. The second kappa shape index (κ2) is 9.95. The first-order valence-electron chi connectivity index (χ1n) is 10.4. The molecule has 2 amide bonds. The molecule has 3 aromatic rings. The Labute approximate surface area is 189 Å². The second-order valence-electron chi connectivity index (χ2n) is 7.40. The van der Waals surface area contributed by atoms with E-state index in [0.717, 1.165) is 12.1 Å². The Balaban J connectivity index is 1.25. The zero-order chi connectivity index (χ0) is 23.2. The number of nitrogens with one attached hydrogen (secondary N) is 1. The Morgan fingerprint density at radius 3 is 2.15 bits per heavy atom. The SMILES string of the molecule is O=C(COC(=O)c1ccc(Oc2ccc(F)cc2)cc1)Nc1ccc(N2CCCC2=O)cc1. The van der Waals surface area contributed by atoms with Crippen molar-refractivity contribution in [3.63, 3.8) is 0 Å². The number of nitrogens with zero attached hydrogens (tertiary/aromatic N) is 1. The molecule has 0 saturated carbocycles. The average molecular weight is 448 g/mol. The quantitative estimate of drug-likeness (QED) is 0.537. The van der Waals surface area contributed by atoms with E-state index in [1.165, 1.54) is 36.4 Å². The number of esters is 1. The summed E-state index contributed by atoms with van der Waals surface area (Å²) < 4.78 is 23.6. The summed E-state index contributed by atoms with van der Waals surface area (Å²) in [6, 6.07) is 18.7. The summed E-state index contributed by atoms with van der Waals surface area (Å²) in [4.78, 5) is 37.8. The van der Waals surface area contributed by atoms with Gasteiger partial charge in [-0.15, -0.1) is 0 Å². The summed E-state index contributed by atoms with van der Waals surface area (Å²) in [5, 5.41) is 2.65. The van der Waals surface area contributed by atoms with Crippen LogP contribution in [0.5, 0.6) is 11.5 Å². The van der Waals surface area contributed by atoms with E-state index >= 15 is 0 Å². The molecule has 0 aliphatic carbocycles. The van der Waals surface area contributed by atoms with Gasteiger partial charge in [-0.05, 0) is 79.2 Å². The smallest absolute Gasteiger partial charge is 0.338 e. The van der Waals surface area contributed by atoms with E-state index in [1.807, 2.05) is 0 Å². The number of carbonyl (C=O) groups is 3. The molecule has 4 rings (SSSR count). The lowest BCUT2D eigenvalue weighted by molar-refractivity contribution is -0.119. The van der Waals surface area contributed by atoms with Crippen LogP contribution in [0.25, 0.3) is 0 Å². The second-order valence-corrected chi connectivity index (χ2v) is 7.40. The highest BCUT2D eigenvalue weighted by Gasteiger charge is 2.21. The molecule has 3 aromatic carbocycles. The van der Waals surface area contributed by atoms with Crippen LogP contribution in [-0.4, -0.2) is 30.9 Å². The van der Waals surface area contributed by atoms with Crippen molar-refractivity contribution in [1.29, 1.82) is 0 Å². The van der Waals surface area contributed by atoms with Crippen LogP contribution in [0, 0.1) is 5.82 Å². The summed E-state index contributed by atoms with van der Waals surface area (Å²) in [6.07, 6.45) is 1.39. The number of rotatable bonds is 7.